The minimum atomic E-state index is -3.32. The number of sulfonamides is 1. The van der Waals surface area contributed by atoms with Gasteiger partial charge in [0, 0.05) is 67.9 Å². The number of benzene rings is 2. The van der Waals surface area contributed by atoms with E-state index < -0.39 is 27.5 Å². The van der Waals surface area contributed by atoms with E-state index in [1.807, 2.05) is 36.4 Å². The molecule has 0 spiro atoms. The molecule has 3 heterocycles. The fourth-order valence-electron chi connectivity index (χ4n) is 6.80. The summed E-state index contributed by atoms with van der Waals surface area (Å²) < 4.78 is 44.1. The Morgan fingerprint density at radius 3 is 2.39 bits per heavy atom. The third-order valence-corrected chi connectivity index (χ3v) is 11.4. The smallest absolute Gasteiger partial charge is 0.293 e. The Morgan fingerprint density at radius 2 is 1.70 bits per heavy atom. The number of hydrogen-bond donors (Lipinski definition) is 1. The Balaban J connectivity index is 1.46. The summed E-state index contributed by atoms with van der Waals surface area (Å²) >= 11 is -1.67. The van der Waals surface area contributed by atoms with Gasteiger partial charge < -0.3 is 14.0 Å². The summed E-state index contributed by atoms with van der Waals surface area (Å²) in [5.74, 6) is -0.187. The standard InChI is InChI=1S/C32H39N5O5S2/c1-34(2)43(40)33-31(38)24-13-14-27-28(20-24)37-21-25(32(39)35-15-17-36(18-16-35)44(3,41)42)19-23-11-7-8-12-26(23)30(37)29(27)22-9-5-4-6-10-22/h7-8,11-14,19-20,22H,4-6,9-10,15-18,21H2,1-3H3,(H,33,38). The highest BCUT2D eigenvalue weighted by Gasteiger charge is 2.33. The van der Waals surface area contributed by atoms with E-state index in [1.165, 1.54) is 26.9 Å². The first-order valence-corrected chi connectivity index (χ1v) is 18.1. The molecule has 3 aliphatic rings. The summed E-state index contributed by atoms with van der Waals surface area (Å²) in [5.41, 5.74) is 6.23. The molecule has 0 bridgehead atoms. The second-order valence-corrected chi connectivity index (χ2v) is 15.5. The van der Waals surface area contributed by atoms with Gasteiger partial charge in [0.05, 0.1) is 18.5 Å². The van der Waals surface area contributed by atoms with Crippen LogP contribution in [-0.4, -0.2) is 89.4 Å². The van der Waals surface area contributed by atoms with Crippen molar-refractivity contribution in [2.75, 3.05) is 46.5 Å². The average Bonchev–Trinajstić information content (AvgIpc) is 3.22. The van der Waals surface area contributed by atoms with Crippen molar-refractivity contribution in [2.45, 2.75) is 44.6 Å². The fourth-order valence-corrected chi connectivity index (χ4v) is 8.09. The van der Waals surface area contributed by atoms with Crippen molar-refractivity contribution in [1.29, 1.82) is 0 Å². The van der Waals surface area contributed by atoms with E-state index in [2.05, 4.69) is 15.4 Å². The Hall–Kier alpha value is -3.16. The maximum absolute atomic E-state index is 14.1. The summed E-state index contributed by atoms with van der Waals surface area (Å²) in [6.45, 7) is 1.50. The first kappa shape index (κ1) is 30.8. The van der Waals surface area contributed by atoms with Crippen LogP contribution in [0.2, 0.25) is 0 Å². The molecule has 1 N–H and O–H groups in total. The minimum Gasteiger partial charge on any atom is -0.573 e. The summed E-state index contributed by atoms with van der Waals surface area (Å²) in [6.07, 6.45) is 8.89. The Bertz CT molecular complexity index is 1730. The third kappa shape index (κ3) is 5.93. The van der Waals surface area contributed by atoms with Gasteiger partial charge in [-0.25, -0.2) is 8.42 Å². The van der Waals surface area contributed by atoms with Gasteiger partial charge in [-0.1, -0.05) is 49.6 Å². The zero-order valence-electron chi connectivity index (χ0n) is 25.4. The number of hydrogen-bond acceptors (Lipinski definition) is 6. The lowest BCUT2D eigenvalue weighted by molar-refractivity contribution is -0.128. The van der Waals surface area contributed by atoms with Gasteiger partial charge >= 0.3 is 0 Å². The lowest BCUT2D eigenvalue weighted by Gasteiger charge is -2.33. The number of carbonyl (C=O) groups is 2. The maximum atomic E-state index is 14.1. The molecule has 1 atom stereocenters. The van der Waals surface area contributed by atoms with E-state index in [-0.39, 0.29) is 19.0 Å². The monoisotopic (exact) mass is 637 g/mol. The van der Waals surface area contributed by atoms with Crippen LogP contribution < -0.4 is 4.72 Å². The number of nitrogens with zero attached hydrogens (tertiary/aromatic N) is 4. The molecular formula is C32H39N5O5S2. The number of fused-ring (bicyclic) bond motifs is 5. The average molecular weight is 638 g/mol. The zero-order valence-corrected chi connectivity index (χ0v) is 27.0. The topological polar surface area (TPSA) is 118 Å². The number of carbonyl (C=O) groups excluding carboxylic acids is 2. The van der Waals surface area contributed by atoms with Gasteiger partial charge in [-0.3, -0.25) is 9.59 Å². The van der Waals surface area contributed by atoms with Gasteiger partial charge in [-0.2, -0.15) is 4.31 Å². The highest BCUT2D eigenvalue weighted by molar-refractivity contribution is 7.88. The summed E-state index contributed by atoms with van der Waals surface area (Å²) in [5, 5.41) is 1.07. The van der Waals surface area contributed by atoms with Crippen molar-refractivity contribution in [1.82, 2.24) is 22.8 Å². The molecule has 1 saturated heterocycles. The predicted molar refractivity (Wildman–Crippen MR) is 173 cm³/mol. The lowest BCUT2D eigenvalue weighted by Crippen LogP contribution is -2.50. The number of piperazine rings is 1. The highest BCUT2D eigenvalue weighted by Crippen LogP contribution is 2.46. The molecule has 6 rings (SSSR count). The molecule has 2 amide bonds. The van der Waals surface area contributed by atoms with Crippen molar-refractivity contribution in [3.05, 3.63) is 64.7 Å². The Labute approximate surface area is 262 Å². The van der Waals surface area contributed by atoms with Gasteiger partial charge in [0.15, 0.2) is 11.5 Å². The van der Waals surface area contributed by atoms with E-state index in [0.717, 1.165) is 53.4 Å². The van der Waals surface area contributed by atoms with E-state index >= 15 is 0 Å². The van der Waals surface area contributed by atoms with E-state index in [4.69, 9.17) is 0 Å². The first-order valence-electron chi connectivity index (χ1n) is 15.1. The van der Waals surface area contributed by atoms with Crippen LogP contribution in [-0.2, 0) is 32.9 Å². The zero-order chi connectivity index (χ0) is 31.2. The number of nitrogens with one attached hydrogen (secondary N) is 1. The SMILES string of the molecule is CN(C)[S+]([O-])NC(=O)c1ccc2c(C3CCCCC3)c3n(c2c1)CC(C(=O)N1CCN(S(C)(=O)=O)CC1)=Cc1ccccc1-3. The second-order valence-electron chi connectivity index (χ2n) is 12.1. The van der Waals surface area contributed by atoms with Crippen LogP contribution in [0.15, 0.2) is 48.0 Å². The van der Waals surface area contributed by atoms with Crippen LogP contribution in [0.3, 0.4) is 0 Å². The van der Waals surface area contributed by atoms with E-state index in [1.54, 1.807) is 25.1 Å². The molecule has 0 radical (unpaired) electrons. The summed E-state index contributed by atoms with van der Waals surface area (Å²) in [7, 11) is -0.0570. The minimum absolute atomic E-state index is 0.114. The van der Waals surface area contributed by atoms with E-state index in [0.29, 0.717) is 36.7 Å². The normalized spacial score (nSPS) is 18.8. The fraction of sp³-hybridized carbons (Fsp3) is 0.438. The van der Waals surface area contributed by atoms with Crippen molar-refractivity contribution in [2.24, 2.45) is 0 Å². The van der Waals surface area contributed by atoms with E-state index in [9.17, 15) is 22.6 Å². The molecule has 1 aliphatic carbocycles. The molecule has 1 saturated carbocycles. The van der Waals surface area contributed by atoms with Crippen LogP contribution in [0.4, 0.5) is 0 Å². The molecule has 2 aliphatic heterocycles. The number of amides is 2. The Kier molecular flexibility index (Phi) is 8.64. The predicted octanol–water partition coefficient (Wildman–Crippen LogP) is 3.73. The van der Waals surface area contributed by atoms with Crippen molar-refractivity contribution in [3.8, 4) is 11.3 Å². The van der Waals surface area contributed by atoms with Crippen LogP contribution in [0.25, 0.3) is 28.2 Å². The number of aromatic nitrogens is 1. The largest absolute Gasteiger partial charge is 0.573 e. The molecule has 3 aromatic rings. The lowest BCUT2D eigenvalue weighted by atomic mass is 9.81. The summed E-state index contributed by atoms with van der Waals surface area (Å²) in [6, 6.07) is 13.8. The van der Waals surface area contributed by atoms with Gasteiger partial charge in [0.2, 0.25) is 10.0 Å². The van der Waals surface area contributed by atoms with Crippen LogP contribution in [0.1, 0.15) is 59.5 Å². The maximum Gasteiger partial charge on any atom is 0.293 e. The molecule has 2 fully saturated rings. The molecule has 234 valence electrons. The number of rotatable bonds is 6. The highest BCUT2D eigenvalue weighted by atomic mass is 32.2. The molecule has 10 nitrogen and oxygen atoms in total. The van der Waals surface area contributed by atoms with Gasteiger partial charge in [0.25, 0.3) is 11.8 Å². The van der Waals surface area contributed by atoms with Crippen molar-refractivity contribution in [3.63, 3.8) is 0 Å². The van der Waals surface area contributed by atoms with Gasteiger partial charge in [0.1, 0.15) is 0 Å². The van der Waals surface area contributed by atoms with Gasteiger partial charge in [-0.05, 0) is 48.1 Å². The Morgan fingerprint density at radius 1 is 1.00 bits per heavy atom. The van der Waals surface area contributed by atoms with Crippen molar-refractivity contribution >= 4 is 50.4 Å². The molecular weight excluding hydrogens is 599 g/mol. The van der Waals surface area contributed by atoms with Gasteiger partial charge in [-0.15, -0.1) is 9.03 Å². The molecule has 2 aromatic carbocycles. The van der Waals surface area contributed by atoms with Crippen molar-refractivity contribution < 1.29 is 22.6 Å². The molecule has 1 aromatic heterocycles. The molecule has 44 heavy (non-hydrogen) atoms. The first-order chi connectivity index (χ1) is 21.0. The molecule has 1 unspecified atom stereocenters. The van der Waals surface area contributed by atoms with Crippen LogP contribution in [0, 0.1) is 0 Å². The molecule has 12 heteroatoms. The van der Waals surface area contributed by atoms with Crippen LogP contribution >= 0.6 is 0 Å². The third-order valence-electron chi connectivity index (χ3n) is 9.03. The van der Waals surface area contributed by atoms with Crippen LogP contribution in [0.5, 0.6) is 0 Å². The quantitative estimate of drug-likeness (QED) is 0.412. The summed E-state index contributed by atoms with van der Waals surface area (Å²) in [4.78, 5) is 29.0. The second kappa shape index (κ2) is 12.3.